The third-order valence-corrected chi connectivity index (χ3v) is 21.0. The second-order valence-electron chi connectivity index (χ2n) is 29.2. The van der Waals surface area contributed by atoms with Crippen LogP contribution in [0.2, 0.25) is 0 Å². The largest absolute Gasteiger partial charge is 0.472 e. The Kier molecular flexibility index (Phi) is 73.8. The van der Waals surface area contributed by atoms with E-state index in [-0.39, 0.29) is 25.7 Å². The van der Waals surface area contributed by atoms with Crippen LogP contribution in [0.4, 0.5) is 0 Å². The lowest BCUT2D eigenvalue weighted by Crippen LogP contribution is -2.30. The first kappa shape index (κ1) is 98.1. The second-order valence-corrected chi connectivity index (χ2v) is 32.1. The summed E-state index contributed by atoms with van der Waals surface area (Å²) in [6.45, 7) is 5.04. The van der Waals surface area contributed by atoms with Crippen LogP contribution in [-0.2, 0) is 65.4 Å². The fourth-order valence-electron chi connectivity index (χ4n) is 12.6. The van der Waals surface area contributed by atoms with Gasteiger partial charge in [-0.2, -0.15) is 0 Å². The first-order chi connectivity index (χ1) is 48.7. The lowest BCUT2D eigenvalue weighted by molar-refractivity contribution is -0.161. The number of hydrogen-bond donors (Lipinski definition) is 3. The fraction of sp³-hybridized carbons (Fsp3) is 0.951. The van der Waals surface area contributed by atoms with E-state index < -0.39 is 97.5 Å². The Bertz CT molecular complexity index is 1890. The predicted octanol–water partition coefficient (Wildman–Crippen LogP) is 24.6. The Labute approximate surface area is 613 Å². The molecule has 0 aromatic rings. The summed E-state index contributed by atoms with van der Waals surface area (Å²) in [6.07, 6.45) is 67.7. The fourth-order valence-corrected chi connectivity index (χ4v) is 14.2. The summed E-state index contributed by atoms with van der Waals surface area (Å²) < 4.78 is 68.8. The minimum Gasteiger partial charge on any atom is -0.462 e. The molecule has 0 aliphatic carbocycles. The number of aliphatic hydroxyl groups is 1. The molecule has 0 rings (SSSR count). The van der Waals surface area contributed by atoms with Crippen molar-refractivity contribution in [3.05, 3.63) is 0 Å². The molecule has 0 aromatic carbocycles. The van der Waals surface area contributed by atoms with Gasteiger partial charge in [0.05, 0.1) is 26.4 Å². The quantitative estimate of drug-likeness (QED) is 0.0222. The lowest BCUT2D eigenvalue weighted by Gasteiger charge is -2.21. The van der Waals surface area contributed by atoms with Gasteiger partial charge in [-0.1, -0.05) is 387 Å². The van der Waals surface area contributed by atoms with Crippen LogP contribution in [0.3, 0.4) is 0 Å². The molecule has 2 unspecified atom stereocenters. The summed E-state index contributed by atoms with van der Waals surface area (Å²) in [5.74, 6) is -2.10. The SMILES string of the molecule is CCCCCCCCCCCCCCCCCCC(=O)OC[C@H](COP(=O)(O)OC[C@@H](O)COP(=O)(O)OC[C@@H](COC(=O)CCCCCCCCCCCCCCC)OC(=O)CCCCCCCCCCCCCCCCC)OC(=O)CCCCCCCCCCCCCCCCCC. The van der Waals surface area contributed by atoms with Crippen LogP contribution in [0.15, 0.2) is 0 Å². The van der Waals surface area contributed by atoms with Gasteiger partial charge in [-0.05, 0) is 25.7 Å². The van der Waals surface area contributed by atoms with E-state index in [1.165, 1.54) is 270 Å². The molecule has 0 aliphatic heterocycles. The zero-order valence-electron chi connectivity index (χ0n) is 65.2. The van der Waals surface area contributed by atoms with Crippen LogP contribution in [-0.4, -0.2) is 96.7 Å². The molecule has 17 nitrogen and oxygen atoms in total. The number of unbranched alkanes of at least 4 members (excludes halogenated alkanes) is 56. The zero-order chi connectivity index (χ0) is 73.2. The predicted molar refractivity (Wildman–Crippen MR) is 409 cm³/mol. The molecular formula is C81H158O17P2. The molecule has 0 aliphatic rings. The lowest BCUT2D eigenvalue weighted by atomic mass is 10.0. The minimum absolute atomic E-state index is 0.109. The molecule has 100 heavy (non-hydrogen) atoms. The van der Waals surface area contributed by atoms with Crippen molar-refractivity contribution in [3.63, 3.8) is 0 Å². The summed E-state index contributed by atoms with van der Waals surface area (Å²) in [6, 6.07) is 0. The maximum absolute atomic E-state index is 13.1. The highest BCUT2D eigenvalue weighted by molar-refractivity contribution is 7.47. The summed E-state index contributed by atoms with van der Waals surface area (Å²) in [4.78, 5) is 73.1. The van der Waals surface area contributed by atoms with E-state index in [1.807, 2.05) is 0 Å². The highest BCUT2D eigenvalue weighted by Crippen LogP contribution is 2.45. The topological polar surface area (TPSA) is 237 Å². The van der Waals surface area contributed by atoms with Gasteiger partial charge in [-0.3, -0.25) is 37.3 Å². The zero-order valence-corrected chi connectivity index (χ0v) is 67.0. The Hall–Kier alpha value is -1.94. The Morgan fingerprint density at radius 2 is 0.400 bits per heavy atom. The number of rotatable bonds is 82. The van der Waals surface area contributed by atoms with Gasteiger partial charge >= 0.3 is 39.5 Å². The van der Waals surface area contributed by atoms with Gasteiger partial charge in [0.25, 0.3) is 0 Å². The average molecular weight is 1470 g/mol. The van der Waals surface area contributed by atoms with E-state index in [0.717, 1.165) is 89.9 Å². The summed E-state index contributed by atoms with van der Waals surface area (Å²) >= 11 is 0. The number of carbonyl (C=O) groups excluding carboxylic acids is 4. The summed E-state index contributed by atoms with van der Waals surface area (Å²) in [7, 11) is -9.92. The third-order valence-electron chi connectivity index (χ3n) is 19.1. The molecular weight excluding hydrogens is 1310 g/mol. The van der Waals surface area contributed by atoms with Gasteiger partial charge in [0.1, 0.15) is 19.3 Å². The number of aliphatic hydroxyl groups excluding tert-OH is 1. The summed E-state index contributed by atoms with van der Waals surface area (Å²) in [5.41, 5.74) is 0. The molecule has 0 saturated heterocycles. The van der Waals surface area contributed by atoms with Crippen LogP contribution in [0, 0.1) is 0 Å². The molecule has 0 fully saturated rings. The number of ether oxygens (including phenoxy) is 4. The van der Waals surface area contributed by atoms with Crippen molar-refractivity contribution < 1.29 is 80.2 Å². The second kappa shape index (κ2) is 75.3. The Morgan fingerprint density at radius 3 is 0.590 bits per heavy atom. The van der Waals surface area contributed by atoms with Crippen LogP contribution >= 0.6 is 15.6 Å². The maximum atomic E-state index is 13.1. The van der Waals surface area contributed by atoms with Crippen LogP contribution in [0.5, 0.6) is 0 Å². The van der Waals surface area contributed by atoms with E-state index in [0.29, 0.717) is 25.7 Å². The van der Waals surface area contributed by atoms with Crippen molar-refractivity contribution in [3.8, 4) is 0 Å². The molecule has 3 N–H and O–H groups in total. The standard InChI is InChI=1S/C81H158O17P2/c1-5-9-13-17-21-25-29-33-36-39-42-46-50-54-58-62-66-79(84)92-72-77(98-81(86)68-64-60-56-52-48-44-40-37-34-30-26-22-18-14-10-6-2)74-96-100(89,90)94-70-75(82)69-93-99(87,88)95-73-76(71-91-78(83)65-61-57-53-49-45-41-32-28-24-20-16-12-8-4)97-80(85)67-63-59-55-51-47-43-38-35-31-27-23-19-15-11-7-3/h75-77,82H,5-74H2,1-4H3,(H,87,88)(H,89,90)/t75-,76+,77+/m0/s1. The smallest absolute Gasteiger partial charge is 0.462 e. The average Bonchev–Trinajstić information content (AvgIpc) is 0.935. The molecule has 0 bridgehead atoms. The molecule has 19 heteroatoms. The number of phosphoric ester groups is 2. The van der Waals surface area contributed by atoms with Gasteiger partial charge in [0, 0.05) is 25.7 Å². The number of carbonyl (C=O) groups is 4. The van der Waals surface area contributed by atoms with Crippen molar-refractivity contribution in [2.45, 2.75) is 457 Å². The molecule has 594 valence electrons. The molecule has 0 saturated carbocycles. The van der Waals surface area contributed by atoms with Gasteiger partial charge < -0.3 is 33.8 Å². The first-order valence-electron chi connectivity index (χ1n) is 42.3. The van der Waals surface area contributed by atoms with Crippen molar-refractivity contribution in [1.29, 1.82) is 0 Å². The monoisotopic (exact) mass is 1470 g/mol. The highest BCUT2D eigenvalue weighted by atomic mass is 31.2. The molecule has 0 aromatic heterocycles. The molecule has 0 amide bonds. The van der Waals surface area contributed by atoms with E-state index in [9.17, 15) is 43.2 Å². The van der Waals surface area contributed by atoms with E-state index >= 15 is 0 Å². The molecule has 0 spiro atoms. The van der Waals surface area contributed by atoms with E-state index in [2.05, 4.69) is 27.7 Å². The normalized spacial score (nSPS) is 13.8. The third kappa shape index (κ3) is 74.3. The highest BCUT2D eigenvalue weighted by Gasteiger charge is 2.30. The molecule has 0 heterocycles. The number of phosphoric acid groups is 2. The van der Waals surface area contributed by atoms with E-state index in [1.54, 1.807) is 0 Å². The first-order valence-corrected chi connectivity index (χ1v) is 45.3. The van der Waals surface area contributed by atoms with Crippen LogP contribution in [0.1, 0.15) is 439 Å². The van der Waals surface area contributed by atoms with Gasteiger partial charge in [-0.15, -0.1) is 0 Å². The Morgan fingerprint density at radius 1 is 0.240 bits per heavy atom. The van der Waals surface area contributed by atoms with Gasteiger partial charge in [0.2, 0.25) is 0 Å². The van der Waals surface area contributed by atoms with E-state index in [4.69, 9.17) is 37.0 Å². The number of hydrogen-bond acceptors (Lipinski definition) is 15. The van der Waals surface area contributed by atoms with Crippen molar-refractivity contribution in [2.24, 2.45) is 0 Å². The maximum Gasteiger partial charge on any atom is 0.472 e. The van der Waals surface area contributed by atoms with Crippen molar-refractivity contribution in [1.82, 2.24) is 0 Å². The molecule has 0 radical (unpaired) electrons. The molecule has 5 atom stereocenters. The van der Waals surface area contributed by atoms with Gasteiger partial charge in [0.15, 0.2) is 12.2 Å². The Balaban J connectivity index is 5.26. The minimum atomic E-state index is -4.96. The number of esters is 4. The van der Waals surface area contributed by atoms with Crippen molar-refractivity contribution in [2.75, 3.05) is 39.6 Å². The summed E-state index contributed by atoms with van der Waals surface area (Å²) in [5, 5.41) is 10.7. The van der Waals surface area contributed by atoms with Crippen LogP contribution < -0.4 is 0 Å². The van der Waals surface area contributed by atoms with Crippen LogP contribution in [0.25, 0.3) is 0 Å². The van der Waals surface area contributed by atoms with Crippen molar-refractivity contribution >= 4 is 39.5 Å². The van der Waals surface area contributed by atoms with Gasteiger partial charge in [-0.25, -0.2) is 9.13 Å².